The van der Waals surface area contributed by atoms with Gasteiger partial charge in [0.2, 0.25) is 10.0 Å². The molecule has 3 rings (SSSR count). The first kappa shape index (κ1) is 21.5. The van der Waals surface area contributed by atoms with E-state index in [1.807, 2.05) is 6.92 Å². The predicted molar refractivity (Wildman–Crippen MR) is 106 cm³/mol. The number of rotatable bonds is 8. The van der Waals surface area contributed by atoms with Gasteiger partial charge in [-0.25, -0.2) is 13.1 Å². The predicted octanol–water partition coefficient (Wildman–Crippen LogP) is 2.48. The van der Waals surface area contributed by atoms with E-state index in [4.69, 9.17) is 21.1 Å². The van der Waals surface area contributed by atoms with Crippen molar-refractivity contribution in [1.29, 1.82) is 0 Å². The average molecular weight is 431 g/mol. The molecule has 1 amide bonds. The van der Waals surface area contributed by atoms with Gasteiger partial charge in [-0.3, -0.25) is 4.79 Å². The quantitative estimate of drug-likeness (QED) is 0.660. The molecule has 1 aromatic carbocycles. The van der Waals surface area contributed by atoms with Crippen LogP contribution in [0.25, 0.3) is 0 Å². The smallest absolute Gasteiger partial charge is 0.251 e. The Morgan fingerprint density at radius 1 is 1.25 bits per heavy atom. The molecule has 2 fully saturated rings. The van der Waals surface area contributed by atoms with Crippen LogP contribution in [0, 0.1) is 0 Å². The van der Waals surface area contributed by atoms with Crippen LogP contribution in [0.3, 0.4) is 0 Å². The van der Waals surface area contributed by atoms with E-state index in [0.29, 0.717) is 13.2 Å². The lowest BCUT2D eigenvalue weighted by molar-refractivity contribution is 0.0665. The number of benzene rings is 1. The molecule has 156 valence electrons. The Hall–Kier alpha value is -1.19. The maximum absolute atomic E-state index is 12.7. The number of carbonyl (C=O) groups excluding carboxylic acids is 1. The standard InChI is InChI=1S/C19H27ClN2O5S/c1-2-16(17-6-4-10-27-17)22-19(23)13-7-8-15(20)18(11-13)28(24,25)21-12-14-5-3-9-26-14/h7-8,11,14,16-17,21H,2-6,9-10,12H2,1H3,(H,22,23)/t14-,16+,17-/m1/s1. The first-order chi connectivity index (χ1) is 13.4. The highest BCUT2D eigenvalue weighted by Gasteiger charge is 2.27. The lowest BCUT2D eigenvalue weighted by Gasteiger charge is -2.23. The van der Waals surface area contributed by atoms with Crippen molar-refractivity contribution >= 4 is 27.5 Å². The largest absolute Gasteiger partial charge is 0.377 e. The molecule has 7 nitrogen and oxygen atoms in total. The highest BCUT2D eigenvalue weighted by atomic mass is 35.5. The lowest BCUT2D eigenvalue weighted by Crippen LogP contribution is -2.42. The molecule has 1 aromatic rings. The van der Waals surface area contributed by atoms with Gasteiger partial charge in [-0.15, -0.1) is 0 Å². The van der Waals surface area contributed by atoms with Crippen LogP contribution >= 0.6 is 11.6 Å². The highest BCUT2D eigenvalue weighted by Crippen LogP contribution is 2.24. The van der Waals surface area contributed by atoms with Gasteiger partial charge in [0, 0.05) is 25.3 Å². The summed E-state index contributed by atoms with van der Waals surface area (Å²) in [5.74, 6) is -0.338. The molecule has 9 heteroatoms. The van der Waals surface area contributed by atoms with Crippen LogP contribution in [0.5, 0.6) is 0 Å². The molecule has 0 spiro atoms. The number of sulfonamides is 1. The zero-order chi connectivity index (χ0) is 20.1. The van der Waals surface area contributed by atoms with Gasteiger partial charge in [-0.1, -0.05) is 18.5 Å². The van der Waals surface area contributed by atoms with Crippen molar-refractivity contribution in [3.05, 3.63) is 28.8 Å². The van der Waals surface area contributed by atoms with Crippen molar-refractivity contribution < 1.29 is 22.7 Å². The Balaban J connectivity index is 1.71. The van der Waals surface area contributed by atoms with Crippen molar-refractivity contribution in [2.45, 2.75) is 62.2 Å². The summed E-state index contributed by atoms with van der Waals surface area (Å²) in [7, 11) is -3.85. The van der Waals surface area contributed by atoms with E-state index in [1.54, 1.807) is 0 Å². The molecular weight excluding hydrogens is 404 g/mol. The monoisotopic (exact) mass is 430 g/mol. The molecule has 28 heavy (non-hydrogen) atoms. The van der Waals surface area contributed by atoms with Crippen molar-refractivity contribution in [3.63, 3.8) is 0 Å². The molecule has 3 atom stereocenters. The number of hydrogen-bond acceptors (Lipinski definition) is 5. The van der Waals surface area contributed by atoms with Gasteiger partial charge in [-0.2, -0.15) is 0 Å². The van der Waals surface area contributed by atoms with Gasteiger partial charge >= 0.3 is 0 Å². The summed E-state index contributed by atoms with van der Waals surface area (Å²) in [5.41, 5.74) is 0.248. The fourth-order valence-electron chi connectivity index (χ4n) is 3.57. The number of halogens is 1. The van der Waals surface area contributed by atoms with Gasteiger partial charge in [-0.05, 0) is 50.3 Å². The maximum atomic E-state index is 12.7. The Labute approximate surface area is 171 Å². The Bertz CT molecular complexity index is 790. The summed E-state index contributed by atoms with van der Waals surface area (Å²) in [6.07, 6.45) is 4.24. The van der Waals surface area contributed by atoms with Crippen LogP contribution < -0.4 is 10.0 Å². The minimum atomic E-state index is -3.85. The van der Waals surface area contributed by atoms with E-state index in [1.165, 1.54) is 18.2 Å². The van der Waals surface area contributed by atoms with Crippen LogP contribution in [-0.2, 0) is 19.5 Å². The normalized spacial score (nSPS) is 23.6. The number of hydrogen-bond donors (Lipinski definition) is 2. The molecular formula is C19H27ClN2O5S. The fourth-order valence-corrected chi connectivity index (χ4v) is 5.16. The van der Waals surface area contributed by atoms with Gasteiger partial charge in [0.25, 0.3) is 5.91 Å². The Morgan fingerprint density at radius 2 is 2.00 bits per heavy atom. The fraction of sp³-hybridized carbons (Fsp3) is 0.632. The number of carbonyl (C=O) groups is 1. The molecule has 0 unspecified atom stereocenters. The van der Waals surface area contributed by atoms with E-state index in [9.17, 15) is 13.2 Å². The van der Waals surface area contributed by atoms with E-state index in [0.717, 1.165) is 32.1 Å². The van der Waals surface area contributed by atoms with Crippen LogP contribution in [0.15, 0.2) is 23.1 Å². The molecule has 2 saturated heterocycles. The topological polar surface area (TPSA) is 93.7 Å². The molecule has 0 radical (unpaired) electrons. The van der Waals surface area contributed by atoms with Crippen LogP contribution in [-0.4, -0.2) is 52.3 Å². The van der Waals surface area contributed by atoms with Crippen LogP contribution in [0.4, 0.5) is 0 Å². The minimum absolute atomic E-state index is 0.00229. The molecule has 0 bridgehead atoms. The van der Waals surface area contributed by atoms with Gasteiger partial charge in [0.15, 0.2) is 0 Å². The second kappa shape index (κ2) is 9.54. The minimum Gasteiger partial charge on any atom is -0.377 e. The first-order valence-corrected chi connectivity index (χ1v) is 11.6. The number of ether oxygens (including phenoxy) is 2. The summed E-state index contributed by atoms with van der Waals surface area (Å²) in [5, 5.41) is 3.03. The SMILES string of the molecule is CC[C@H](NC(=O)c1ccc(Cl)c(S(=O)(=O)NC[C@H]2CCCO2)c1)[C@H]1CCCO1. The van der Waals surface area contributed by atoms with E-state index >= 15 is 0 Å². The third-order valence-corrected chi connectivity index (χ3v) is 7.08. The Morgan fingerprint density at radius 3 is 2.64 bits per heavy atom. The number of nitrogens with one attached hydrogen (secondary N) is 2. The molecule has 2 heterocycles. The molecule has 2 aliphatic rings. The molecule has 0 aliphatic carbocycles. The number of amides is 1. The van der Waals surface area contributed by atoms with E-state index in [2.05, 4.69) is 10.0 Å². The summed E-state index contributed by atoms with van der Waals surface area (Å²) in [4.78, 5) is 12.6. The molecule has 2 N–H and O–H groups in total. The third-order valence-electron chi connectivity index (χ3n) is 5.18. The summed E-state index contributed by atoms with van der Waals surface area (Å²) >= 11 is 6.12. The van der Waals surface area contributed by atoms with Gasteiger partial charge < -0.3 is 14.8 Å². The van der Waals surface area contributed by atoms with Crippen molar-refractivity contribution in [2.75, 3.05) is 19.8 Å². The zero-order valence-electron chi connectivity index (χ0n) is 15.9. The Kier molecular flexibility index (Phi) is 7.33. The maximum Gasteiger partial charge on any atom is 0.251 e. The van der Waals surface area contributed by atoms with Crippen LogP contribution in [0.1, 0.15) is 49.4 Å². The van der Waals surface area contributed by atoms with E-state index in [-0.39, 0.29) is 46.2 Å². The summed E-state index contributed by atoms with van der Waals surface area (Å²) in [6.45, 7) is 3.52. The molecule has 0 aromatic heterocycles. The second-order valence-electron chi connectivity index (χ2n) is 7.17. The van der Waals surface area contributed by atoms with Gasteiger partial charge in [0.1, 0.15) is 4.90 Å². The summed E-state index contributed by atoms with van der Waals surface area (Å²) < 4.78 is 39.0. The highest BCUT2D eigenvalue weighted by molar-refractivity contribution is 7.89. The van der Waals surface area contributed by atoms with Crippen LogP contribution in [0.2, 0.25) is 5.02 Å². The summed E-state index contributed by atoms with van der Waals surface area (Å²) in [6, 6.07) is 4.17. The second-order valence-corrected chi connectivity index (χ2v) is 9.31. The first-order valence-electron chi connectivity index (χ1n) is 9.74. The third kappa shape index (κ3) is 5.24. The lowest BCUT2D eigenvalue weighted by atomic mass is 10.0. The van der Waals surface area contributed by atoms with Crippen molar-refractivity contribution in [2.24, 2.45) is 0 Å². The molecule has 0 saturated carbocycles. The van der Waals surface area contributed by atoms with Gasteiger partial charge in [0.05, 0.1) is 23.3 Å². The van der Waals surface area contributed by atoms with Crippen molar-refractivity contribution in [3.8, 4) is 0 Å². The zero-order valence-corrected chi connectivity index (χ0v) is 17.5. The van der Waals surface area contributed by atoms with E-state index < -0.39 is 10.0 Å². The van der Waals surface area contributed by atoms with Crippen molar-refractivity contribution in [1.82, 2.24) is 10.0 Å². The average Bonchev–Trinajstić information content (AvgIpc) is 3.38. The molecule has 2 aliphatic heterocycles.